The molecule has 0 spiro atoms. The molecule has 0 aromatic heterocycles. The second-order valence-corrected chi connectivity index (χ2v) is 6.57. The van der Waals surface area contributed by atoms with Gasteiger partial charge in [0.25, 0.3) is 0 Å². The molecule has 120 valence electrons. The van der Waals surface area contributed by atoms with Gasteiger partial charge in [-0.1, -0.05) is 18.2 Å². The number of benzene rings is 1. The smallest absolute Gasteiger partial charge is 0.233 e. The molecule has 2 aliphatic rings. The average molecular weight is 305 g/mol. The number of rotatable bonds is 5. The summed E-state index contributed by atoms with van der Waals surface area (Å²) in [7, 11) is 1.83. The van der Waals surface area contributed by atoms with Crippen molar-refractivity contribution in [3.63, 3.8) is 0 Å². The Morgan fingerprint density at radius 3 is 2.77 bits per heavy atom. The van der Waals surface area contributed by atoms with E-state index in [1.807, 2.05) is 13.1 Å². The van der Waals surface area contributed by atoms with Crippen LogP contribution in [-0.2, 0) is 14.9 Å². The summed E-state index contributed by atoms with van der Waals surface area (Å²) >= 11 is 0. The van der Waals surface area contributed by atoms with E-state index in [0.717, 1.165) is 38.7 Å². The van der Waals surface area contributed by atoms with Crippen molar-refractivity contribution >= 4 is 5.91 Å². The lowest BCUT2D eigenvalue weighted by Gasteiger charge is -2.27. The summed E-state index contributed by atoms with van der Waals surface area (Å²) in [6, 6.07) is 6.67. The number of ether oxygens (including phenoxy) is 1. The molecule has 1 aromatic rings. The second-order valence-electron chi connectivity index (χ2n) is 6.57. The van der Waals surface area contributed by atoms with Crippen LogP contribution in [0.2, 0.25) is 0 Å². The van der Waals surface area contributed by atoms with Crippen LogP contribution in [0.25, 0.3) is 0 Å². The van der Waals surface area contributed by atoms with E-state index >= 15 is 0 Å². The van der Waals surface area contributed by atoms with E-state index in [2.05, 4.69) is 0 Å². The molecular formula is C18H24FNO2. The minimum Gasteiger partial charge on any atom is -0.378 e. The Balaban J connectivity index is 1.62. The Labute approximate surface area is 131 Å². The fourth-order valence-electron chi connectivity index (χ4n) is 3.41. The Bertz CT molecular complexity index is 536. The maximum absolute atomic E-state index is 14.0. The molecule has 1 aliphatic heterocycles. The van der Waals surface area contributed by atoms with Crippen molar-refractivity contribution in [3.8, 4) is 0 Å². The first-order chi connectivity index (χ1) is 10.6. The summed E-state index contributed by atoms with van der Waals surface area (Å²) in [6.07, 6.45) is 6.07. The largest absolute Gasteiger partial charge is 0.378 e. The first kappa shape index (κ1) is 15.5. The maximum atomic E-state index is 14.0. The van der Waals surface area contributed by atoms with Gasteiger partial charge in [-0.3, -0.25) is 4.79 Å². The number of hydrogen-bond acceptors (Lipinski definition) is 2. The van der Waals surface area contributed by atoms with Gasteiger partial charge in [0.05, 0.1) is 11.5 Å². The van der Waals surface area contributed by atoms with Crippen LogP contribution in [-0.4, -0.2) is 37.1 Å². The van der Waals surface area contributed by atoms with Crippen molar-refractivity contribution in [1.29, 1.82) is 0 Å². The minimum atomic E-state index is -0.618. The zero-order valence-electron chi connectivity index (χ0n) is 13.2. The molecule has 1 amide bonds. The van der Waals surface area contributed by atoms with Gasteiger partial charge >= 0.3 is 0 Å². The van der Waals surface area contributed by atoms with Gasteiger partial charge in [-0.15, -0.1) is 0 Å². The van der Waals surface area contributed by atoms with Crippen molar-refractivity contribution < 1.29 is 13.9 Å². The van der Waals surface area contributed by atoms with Crippen LogP contribution in [0.3, 0.4) is 0 Å². The van der Waals surface area contributed by atoms with Gasteiger partial charge < -0.3 is 9.64 Å². The lowest BCUT2D eigenvalue weighted by atomic mass is 9.93. The fraction of sp³-hybridized carbons (Fsp3) is 0.611. The van der Waals surface area contributed by atoms with Crippen molar-refractivity contribution in [1.82, 2.24) is 4.90 Å². The maximum Gasteiger partial charge on any atom is 0.233 e. The van der Waals surface area contributed by atoms with Crippen LogP contribution < -0.4 is 0 Å². The molecule has 0 bridgehead atoms. The van der Waals surface area contributed by atoms with Gasteiger partial charge in [0.2, 0.25) is 5.91 Å². The molecule has 2 fully saturated rings. The van der Waals surface area contributed by atoms with E-state index in [1.54, 1.807) is 17.0 Å². The van der Waals surface area contributed by atoms with Crippen LogP contribution in [0, 0.1) is 5.82 Å². The van der Waals surface area contributed by atoms with E-state index in [0.29, 0.717) is 12.1 Å². The van der Waals surface area contributed by atoms with Gasteiger partial charge in [0, 0.05) is 25.8 Å². The molecule has 0 N–H and O–H groups in total. The third-order valence-electron chi connectivity index (χ3n) is 4.96. The number of carbonyl (C=O) groups is 1. The zero-order valence-corrected chi connectivity index (χ0v) is 13.2. The predicted molar refractivity (Wildman–Crippen MR) is 83.2 cm³/mol. The number of nitrogens with zero attached hydrogens (tertiary/aromatic N) is 1. The molecule has 22 heavy (non-hydrogen) atoms. The molecule has 3 nitrogen and oxygen atoms in total. The van der Waals surface area contributed by atoms with Gasteiger partial charge in [-0.25, -0.2) is 4.39 Å². The van der Waals surface area contributed by atoms with Crippen LogP contribution >= 0.6 is 0 Å². The summed E-state index contributed by atoms with van der Waals surface area (Å²) < 4.78 is 19.8. The molecule has 1 atom stereocenters. The first-order valence-corrected chi connectivity index (χ1v) is 8.26. The molecule has 1 aromatic carbocycles. The molecule has 1 aliphatic carbocycles. The Morgan fingerprint density at radius 1 is 1.36 bits per heavy atom. The molecular weight excluding hydrogens is 281 g/mol. The summed E-state index contributed by atoms with van der Waals surface area (Å²) in [6.45, 7) is 1.52. The zero-order chi connectivity index (χ0) is 15.6. The lowest BCUT2D eigenvalue weighted by Crippen LogP contribution is -2.39. The lowest BCUT2D eigenvalue weighted by molar-refractivity contribution is -0.133. The second kappa shape index (κ2) is 6.37. The number of carbonyl (C=O) groups excluding carboxylic acids is 1. The fourth-order valence-corrected chi connectivity index (χ4v) is 3.41. The normalized spacial score (nSPS) is 23.1. The monoisotopic (exact) mass is 305 g/mol. The average Bonchev–Trinajstić information content (AvgIpc) is 3.35. The van der Waals surface area contributed by atoms with Crippen molar-refractivity contribution in [3.05, 3.63) is 35.6 Å². The Hall–Kier alpha value is -1.42. The molecule has 3 rings (SSSR count). The van der Waals surface area contributed by atoms with Crippen LogP contribution in [0.15, 0.2) is 24.3 Å². The highest BCUT2D eigenvalue weighted by Gasteiger charge is 2.53. The summed E-state index contributed by atoms with van der Waals surface area (Å²) in [5, 5.41) is 0. The van der Waals surface area contributed by atoms with Gasteiger partial charge in [0.1, 0.15) is 5.82 Å². The number of amides is 1. The standard InChI is InChI=1S/C18H24FNO2/c1-20(12-9-14-6-4-5-13-22-14)17(21)18(10-11-18)15-7-2-3-8-16(15)19/h2-3,7-8,14H,4-6,9-13H2,1H3. The predicted octanol–water partition coefficient (Wildman–Crippen LogP) is 3.27. The highest BCUT2D eigenvalue weighted by atomic mass is 19.1. The molecule has 4 heteroatoms. The van der Waals surface area contributed by atoms with Gasteiger partial charge in [0.15, 0.2) is 0 Å². The Morgan fingerprint density at radius 2 is 2.14 bits per heavy atom. The summed E-state index contributed by atoms with van der Waals surface area (Å²) in [4.78, 5) is 14.5. The third kappa shape index (κ3) is 3.02. The quantitative estimate of drug-likeness (QED) is 0.835. The summed E-state index contributed by atoms with van der Waals surface area (Å²) in [5.74, 6) is -0.217. The molecule has 1 unspecified atom stereocenters. The SMILES string of the molecule is CN(CCC1CCCCO1)C(=O)C1(c2ccccc2F)CC1. The highest BCUT2D eigenvalue weighted by molar-refractivity contribution is 5.91. The molecule has 1 heterocycles. The first-order valence-electron chi connectivity index (χ1n) is 8.26. The Kier molecular flexibility index (Phi) is 4.48. The topological polar surface area (TPSA) is 29.5 Å². The van der Waals surface area contributed by atoms with Gasteiger partial charge in [-0.2, -0.15) is 0 Å². The molecule has 0 radical (unpaired) electrons. The van der Waals surface area contributed by atoms with E-state index in [9.17, 15) is 9.18 Å². The van der Waals surface area contributed by atoms with Crippen molar-refractivity contribution in [2.75, 3.05) is 20.2 Å². The highest BCUT2D eigenvalue weighted by Crippen LogP contribution is 2.50. The van der Waals surface area contributed by atoms with E-state index in [4.69, 9.17) is 4.74 Å². The van der Waals surface area contributed by atoms with E-state index in [1.165, 1.54) is 12.5 Å². The minimum absolute atomic E-state index is 0.0495. The van der Waals surface area contributed by atoms with Crippen LogP contribution in [0.4, 0.5) is 4.39 Å². The number of hydrogen-bond donors (Lipinski definition) is 0. The van der Waals surface area contributed by atoms with Crippen molar-refractivity contribution in [2.45, 2.75) is 50.0 Å². The number of halogens is 1. The van der Waals surface area contributed by atoms with E-state index < -0.39 is 5.41 Å². The van der Waals surface area contributed by atoms with Crippen LogP contribution in [0.5, 0.6) is 0 Å². The van der Waals surface area contributed by atoms with Gasteiger partial charge in [-0.05, 0) is 44.6 Å². The molecule has 1 saturated heterocycles. The number of likely N-dealkylation sites (N-methyl/N-ethyl adjacent to an activating group) is 1. The van der Waals surface area contributed by atoms with Crippen molar-refractivity contribution in [2.24, 2.45) is 0 Å². The molecule has 1 saturated carbocycles. The summed E-state index contributed by atoms with van der Waals surface area (Å²) in [5.41, 5.74) is -0.0613. The third-order valence-corrected chi connectivity index (χ3v) is 4.96. The van der Waals surface area contributed by atoms with E-state index in [-0.39, 0.29) is 17.8 Å². The van der Waals surface area contributed by atoms with Crippen LogP contribution in [0.1, 0.15) is 44.1 Å².